The summed E-state index contributed by atoms with van der Waals surface area (Å²) in [6.45, 7) is 6.87. The molecule has 0 amide bonds. The summed E-state index contributed by atoms with van der Waals surface area (Å²) in [5.41, 5.74) is 1.43. The Kier molecular flexibility index (Phi) is 17.6. The van der Waals surface area contributed by atoms with Crippen molar-refractivity contribution in [1.82, 2.24) is 9.80 Å². The van der Waals surface area contributed by atoms with Crippen LogP contribution in [0.5, 0.6) is 0 Å². The molecule has 0 saturated heterocycles. The summed E-state index contributed by atoms with van der Waals surface area (Å²) < 4.78 is 0. The van der Waals surface area contributed by atoms with Gasteiger partial charge >= 0.3 is 0 Å². The van der Waals surface area contributed by atoms with Crippen LogP contribution in [0.2, 0.25) is 0 Å². The second kappa shape index (κ2) is 20.7. The summed E-state index contributed by atoms with van der Waals surface area (Å²) in [6.07, 6.45) is 33.5. The van der Waals surface area contributed by atoms with Crippen molar-refractivity contribution < 1.29 is 0 Å². The van der Waals surface area contributed by atoms with Crippen molar-refractivity contribution in [3.05, 3.63) is 48.3 Å². The van der Waals surface area contributed by atoms with Crippen LogP contribution in [0, 0.1) is 0 Å². The first-order chi connectivity index (χ1) is 17.3. The molecule has 2 rings (SSSR count). The number of nitrogens with zero attached hydrogens (tertiary/aromatic N) is 2. The Morgan fingerprint density at radius 1 is 0.514 bits per heavy atom. The highest BCUT2D eigenvalue weighted by atomic mass is 15.4. The Balaban J connectivity index is 1.64. The summed E-state index contributed by atoms with van der Waals surface area (Å²) >= 11 is 0. The van der Waals surface area contributed by atoms with Gasteiger partial charge in [-0.3, -0.25) is 0 Å². The van der Waals surface area contributed by atoms with E-state index in [0.29, 0.717) is 6.17 Å². The van der Waals surface area contributed by atoms with E-state index < -0.39 is 0 Å². The number of benzene rings is 1. The minimum Gasteiger partial charge on any atom is -0.356 e. The Labute approximate surface area is 219 Å². The second-order valence-corrected chi connectivity index (χ2v) is 11.0. The van der Waals surface area contributed by atoms with Crippen LogP contribution in [0.3, 0.4) is 0 Å². The lowest BCUT2D eigenvalue weighted by Crippen LogP contribution is -2.38. The van der Waals surface area contributed by atoms with Gasteiger partial charge in [-0.1, -0.05) is 153 Å². The number of unbranched alkanes of at least 4 members (excludes halogenated alkanes) is 17. The molecule has 0 fully saturated rings. The fourth-order valence-corrected chi connectivity index (χ4v) is 5.49. The van der Waals surface area contributed by atoms with Crippen molar-refractivity contribution in [1.29, 1.82) is 0 Å². The van der Waals surface area contributed by atoms with Gasteiger partial charge in [0.25, 0.3) is 0 Å². The molecule has 0 radical (unpaired) electrons. The lowest BCUT2D eigenvalue weighted by Gasteiger charge is -2.33. The van der Waals surface area contributed by atoms with Gasteiger partial charge in [0.15, 0.2) is 0 Å². The molecule has 2 nitrogen and oxygen atoms in total. The molecule has 1 aromatic rings. The van der Waals surface area contributed by atoms with Gasteiger partial charge in [0.1, 0.15) is 6.17 Å². The van der Waals surface area contributed by atoms with Crippen LogP contribution in [0.1, 0.15) is 148 Å². The van der Waals surface area contributed by atoms with E-state index >= 15 is 0 Å². The Morgan fingerprint density at radius 2 is 0.971 bits per heavy atom. The smallest absolute Gasteiger partial charge is 0.101 e. The van der Waals surface area contributed by atoms with E-state index in [1.54, 1.807) is 0 Å². The van der Waals surface area contributed by atoms with Crippen molar-refractivity contribution in [2.75, 3.05) is 6.54 Å². The van der Waals surface area contributed by atoms with E-state index in [9.17, 15) is 0 Å². The summed E-state index contributed by atoms with van der Waals surface area (Å²) in [5, 5.41) is 0. The molecule has 1 aliphatic rings. The molecule has 0 bridgehead atoms. The van der Waals surface area contributed by atoms with Gasteiger partial charge < -0.3 is 9.80 Å². The van der Waals surface area contributed by atoms with E-state index in [2.05, 4.69) is 66.4 Å². The van der Waals surface area contributed by atoms with Crippen LogP contribution in [0.4, 0.5) is 0 Å². The molecule has 0 aliphatic carbocycles. The molecular weight excluding hydrogens is 424 g/mol. The van der Waals surface area contributed by atoms with Crippen LogP contribution >= 0.6 is 0 Å². The summed E-state index contributed by atoms with van der Waals surface area (Å²) in [4.78, 5) is 5.24. The molecule has 0 saturated carbocycles. The maximum Gasteiger partial charge on any atom is 0.101 e. The van der Waals surface area contributed by atoms with Crippen molar-refractivity contribution in [2.45, 2.75) is 155 Å². The second-order valence-electron chi connectivity index (χ2n) is 11.0. The molecule has 0 N–H and O–H groups in total. The zero-order valence-corrected chi connectivity index (χ0v) is 23.6. The molecule has 0 spiro atoms. The first kappa shape index (κ1) is 29.8. The first-order valence-corrected chi connectivity index (χ1v) is 15.6. The van der Waals surface area contributed by atoms with Gasteiger partial charge in [-0.25, -0.2) is 0 Å². The minimum absolute atomic E-state index is 0.554. The zero-order chi connectivity index (χ0) is 24.8. The molecule has 2 heteroatoms. The highest BCUT2D eigenvalue weighted by Gasteiger charge is 2.25. The van der Waals surface area contributed by atoms with Gasteiger partial charge in [0, 0.05) is 25.5 Å². The molecule has 1 atom stereocenters. The van der Waals surface area contributed by atoms with Crippen LogP contribution in [-0.4, -0.2) is 22.5 Å². The standard InChI is InChI=1S/C33H58N2/c1-3-5-7-9-11-13-14-15-17-19-24-28-34-29-30-35(31-32-25-21-20-22-26-32)33(34)27-23-18-16-12-10-8-6-4-2/h20-22,25-26,29-30,33H,3-19,23-24,27-28,31H2,1-2H3. The van der Waals surface area contributed by atoms with Gasteiger partial charge in [-0.15, -0.1) is 0 Å². The third kappa shape index (κ3) is 14.0. The fourth-order valence-electron chi connectivity index (χ4n) is 5.49. The van der Waals surface area contributed by atoms with Crippen molar-refractivity contribution in [2.24, 2.45) is 0 Å². The van der Waals surface area contributed by atoms with Gasteiger partial charge in [-0.2, -0.15) is 0 Å². The largest absolute Gasteiger partial charge is 0.356 e. The highest BCUT2D eigenvalue weighted by molar-refractivity contribution is 5.15. The minimum atomic E-state index is 0.554. The van der Waals surface area contributed by atoms with Gasteiger partial charge in [0.05, 0.1) is 0 Å². The number of hydrogen-bond donors (Lipinski definition) is 0. The monoisotopic (exact) mass is 482 g/mol. The number of rotatable bonds is 23. The quantitative estimate of drug-likeness (QED) is 0.143. The maximum atomic E-state index is 2.65. The average molecular weight is 483 g/mol. The first-order valence-electron chi connectivity index (χ1n) is 15.6. The van der Waals surface area contributed by atoms with Crippen LogP contribution < -0.4 is 0 Å². The van der Waals surface area contributed by atoms with E-state index in [4.69, 9.17) is 0 Å². The fraction of sp³-hybridized carbons (Fsp3) is 0.758. The normalized spacial score (nSPS) is 15.4. The van der Waals surface area contributed by atoms with Crippen LogP contribution in [-0.2, 0) is 6.54 Å². The third-order valence-electron chi connectivity index (χ3n) is 7.76. The number of hydrogen-bond acceptors (Lipinski definition) is 2. The molecule has 1 aromatic carbocycles. The summed E-state index contributed by atoms with van der Waals surface area (Å²) in [7, 11) is 0. The average Bonchev–Trinajstić information content (AvgIpc) is 3.25. The van der Waals surface area contributed by atoms with Crippen molar-refractivity contribution >= 4 is 0 Å². The Hall–Kier alpha value is -1.44. The molecular formula is C33H58N2. The van der Waals surface area contributed by atoms with E-state index in [-0.39, 0.29) is 0 Å². The van der Waals surface area contributed by atoms with Crippen LogP contribution in [0.25, 0.3) is 0 Å². The van der Waals surface area contributed by atoms with Crippen molar-refractivity contribution in [3.63, 3.8) is 0 Å². The highest BCUT2D eigenvalue weighted by Crippen LogP contribution is 2.25. The topological polar surface area (TPSA) is 6.48 Å². The molecule has 1 heterocycles. The Morgan fingerprint density at radius 3 is 1.51 bits per heavy atom. The molecule has 1 unspecified atom stereocenters. The van der Waals surface area contributed by atoms with Gasteiger partial charge in [0.2, 0.25) is 0 Å². The maximum absolute atomic E-state index is 2.65. The van der Waals surface area contributed by atoms with Gasteiger partial charge in [-0.05, 0) is 24.8 Å². The molecule has 35 heavy (non-hydrogen) atoms. The molecule has 0 aromatic heterocycles. The third-order valence-corrected chi connectivity index (χ3v) is 7.76. The van der Waals surface area contributed by atoms with Crippen molar-refractivity contribution in [3.8, 4) is 0 Å². The summed E-state index contributed by atoms with van der Waals surface area (Å²) in [5.74, 6) is 0. The molecule has 1 aliphatic heterocycles. The van der Waals surface area contributed by atoms with E-state index in [1.807, 2.05) is 0 Å². The van der Waals surface area contributed by atoms with E-state index in [0.717, 1.165) is 6.54 Å². The predicted molar refractivity (Wildman–Crippen MR) is 155 cm³/mol. The SMILES string of the molecule is CCCCCCCCCCCCCN1C=CN(Cc2ccccc2)C1CCCCCCCCCC. The lowest BCUT2D eigenvalue weighted by molar-refractivity contribution is 0.132. The Bertz CT molecular complexity index is 611. The van der Waals surface area contributed by atoms with E-state index in [1.165, 1.54) is 141 Å². The predicted octanol–water partition coefficient (Wildman–Crippen LogP) is 10.4. The zero-order valence-electron chi connectivity index (χ0n) is 23.6. The summed E-state index contributed by atoms with van der Waals surface area (Å²) in [6, 6.07) is 11.0. The molecule has 200 valence electrons. The van der Waals surface area contributed by atoms with Crippen LogP contribution in [0.15, 0.2) is 42.7 Å². The lowest BCUT2D eigenvalue weighted by atomic mass is 10.1.